The van der Waals surface area contributed by atoms with Crippen LogP contribution in [0.3, 0.4) is 0 Å². The summed E-state index contributed by atoms with van der Waals surface area (Å²) in [4.78, 5) is 14.3. The molecular formula is C19H23ClN2O2. The van der Waals surface area contributed by atoms with Crippen molar-refractivity contribution in [2.45, 2.75) is 19.4 Å². The number of benzene rings is 2. The molecule has 0 spiro atoms. The van der Waals surface area contributed by atoms with Crippen LogP contribution < -0.4 is 10.1 Å². The summed E-state index contributed by atoms with van der Waals surface area (Å²) in [6.07, 6.45) is 0.390. The molecule has 0 aromatic heterocycles. The fourth-order valence-electron chi connectivity index (χ4n) is 2.50. The monoisotopic (exact) mass is 346 g/mol. The van der Waals surface area contributed by atoms with Crippen molar-refractivity contribution in [1.29, 1.82) is 0 Å². The summed E-state index contributed by atoms with van der Waals surface area (Å²) in [6, 6.07) is 15.3. The van der Waals surface area contributed by atoms with E-state index in [4.69, 9.17) is 16.3 Å². The summed E-state index contributed by atoms with van der Waals surface area (Å²) in [7, 11) is 3.67. The zero-order chi connectivity index (χ0) is 17.5. The van der Waals surface area contributed by atoms with E-state index in [9.17, 15) is 4.79 Å². The maximum absolute atomic E-state index is 12.1. The van der Waals surface area contributed by atoms with Crippen molar-refractivity contribution in [1.82, 2.24) is 4.90 Å². The number of carbonyl (C=O) groups excluding carboxylic acids is 1. The van der Waals surface area contributed by atoms with Gasteiger partial charge in [0.15, 0.2) is 0 Å². The fraction of sp³-hybridized carbons (Fsp3) is 0.316. The third-order valence-electron chi connectivity index (χ3n) is 4.09. The fourth-order valence-corrected chi connectivity index (χ4v) is 2.68. The molecule has 2 aromatic rings. The Morgan fingerprint density at radius 3 is 2.58 bits per heavy atom. The molecular weight excluding hydrogens is 324 g/mol. The molecule has 0 heterocycles. The molecule has 0 saturated heterocycles. The number of para-hydroxylation sites is 2. The van der Waals surface area contributed by atoms with Crippen LogP contribution in [-0.2, 0) is 4.79 Å². The average molecular weight is 347 g/mol. The summed E-state index contributed by atoms with van der Waals surface area (Å²) in [5.41, 5.74) is 1.75. The Kier molecular flexibility index (Phi) is 6.64. The summed E-state index contributed by atoms with van der Waals surface area (Å²) in [6.45, 7) is 2.74. The minimum Gasteiger partial charge on any atom is -0.496 e. The minimum absolute atomic E-state index is 0.0535. The first-order valence-corrected chi connectivity index (χ1v) is 8.28. The number of nitrogens with zero attached hydrogens (tertiary/aromatic N) is 1. The van der Waals surface area contributed by atoms with Gasteiger partial charge in [0.1, 0.15) is 5.75 Å². The van der Waals surface area contributed by atoms with Crippen molar-refractivity contribution in [3.05, 3.63) is 59.1 Å². The highest BCUT2D eigenvalue weighted by atomic mass is 35.5. The second-order valence-electron chi connectivity index (χ2n) is 5.68. The van der Waals surface area contributed by atoms with Crippen LogP contribution in [0.2, 0.25) is 5.02 Å². The lowest BCUT2D eigenvalue weighted by Crippen LogP contribution is -2.27. The number of hydrogen-bond acceptors (Lipinski definition) is 3. The maximum atomic E-state index is 12.1. The van der Waals surface area contributed by atoms with Gasteiger partial charge in [0.25, 0.3) is 0 Å². The standard InChI is InChI=1S/C19H23ClN2O2/c1-14(15-8-4-7-11-18(15)24-3)22(2)13-12-19(23)21-17-10-6-5-9-16(17)20/h4-11,14H,12-13H2,1-3H3,(H,21,23). The number of carbonyl (C=O) groups is 1. The number of ether oxygens (including phenoxy) is 1. The molecule has 0 radical (unpaired) electrons. The molecule has 5 heteroatoms. The van der Waals surface area contributed by atoms with E-state index in [1.807, 2.05) is 43.4 Å². The Balaban J connectivity index is 1.91. The lowest BCUT2D eigenvalue weighted by atomic mass is 10.1. The smallest absolute Gasteiger partial charge is 0.225 e. The summed E-state index contributed by atoms with van der Waals surface area (Å²) < 4.78 is 5.41. The third-order valence-corrected chi connectivity index (χ3v) is 4.42. The van der Waals surface area contributed by atoms with Gasteiger partial charge in [0.05, 0.1) is 17.8 Å². The Bertz CT molecular complexity index is 691. The summed E-state index contributed by atoms with van der Waals surface area (Å²) in [5, 5.41) is 3.39. The van der Waals surface area contributed by atoms with Gasteiger partial charge in [-0.1, -0.05) is 41.9 Å². The van der Waals surface area contributed by atoms with Crippen molar-refractivity contribution in [3.8, 4) is 5.75 Å². The van der Waals surface area contributed by atoms with Crippen LogP contribution in [0.5, 0.6) is 5.75 Å². The van der Waals surface area contributed by atoms with E-state index < -0.39 is 0 Å². The number of amides is 1. The van der Waals surface area contributed by atoms with Gasteiger partial charge in [-0.15, -0.1) is 0 Å². The highest BCUT2D eigenvalue weighted by Gasteiger charge is 2.16. The van der Waals surface area contributed by atoms with E-state index in [2.05, 4.69) is 17.1 Å². The maximum Gasteiger partial charge on any atom is 0.225 e. The van der Waals surface area contributed by atoms with E-state index in [0.29, 0.717) is 23.7 Å². The second kappa shape index (κ2) is 8.71. The molecule has 4 nitrogen and oxygen atoms in total. The molecule has 0 aliphatic heterocycles. The van der Waals surface area contributed by atoms with Crippen molar-refractivity contribution < 1.29 is 9.53 Å². The van der Waals surface area contributed by atoms with Gasteiger partial charge in [-0.3, -0.25) is 9.69 Å². The van der Waals surface area contributed by atoms with E-state index in [-0.39, 0.29) is 11.9 Å². The van der Waals surface area contributed by atoms with E-state index >= 15 is 0 Å². The summed E-state index contributed by atoms with van der Waals surface area (Å²) >= 11 is 6.06. The Hall–Kier alpha value is -2.04. The number of halogens is 1. The van der Waals surface area contributed by atoms with Gasteiger partial charge in [-0.05, 0) is 32.2 Å². The van der Waals surface area contributed by atoms with Crippen molar-refractivity contribution in [3.63, 3.8) is 0 Å². The zero-order valence-electron chi connectivity index (χ0n) is 14.3. The average Bonchev–Trinajstić information content (AvgIpc) is 2.61. The lowest BCUT2D eigenvalue weighted by Gasteiger charge is -2.26. The number of nitrogens with one attached hydrogen (secondary N) is 1. The van der Waals surface area contributed by atoms with Crippen LogP contribution in [0, 0.1) is 0 Å². The second-order valence-corrected chi connectivity index (χ2v) is 6.08. The van der Waals surface area contributed by atoms with Gasteiger partial charge in [0.2, 0.25) is 5.91 Å². The molecule has 0 bridgehead atoms. The zero-order valence-corrected chi connectivity index (χ0v) is 15.0. The summed E-state index contributed by atoms with van der Waals surface area (Å²) in [5.74, 6) is 0.805. The number of rotatable bonds is 7. The topological polar surface area (TPSA) is 41.6 Å². The Morgan fingerprint density at radius 1 is 1.21 bits per heavy atom. The van der Waals surface area contributed by atoms with Crippen LogP contribution in [-0.4, -0.2) is 31.5 Å². The molecule has 0 saturated carbocycles. The molecule has 128 valence electrons. The van der Waals surface area contributed by atoms with Gasteiger partial charge in [-0.25, -0.2) is 0 Å². The van der Waals surface area contributed by atoms with Crippen LogP contribution in [0.25, 0.3) is 0 Å². The normalized spacial score (nSPS) is 12.0. The molecule has 1 amide bonds. The first-order valence-electron chi connectivity index (χ1n) is 7.90. The first-order chi connectivity index (χ1) is 11.5. The Labute approximate surface area is 148 Å². The highest BCUT2D eigenvalue weighted by Crippen LogP contribution is 2.28. The van der Waals surface area contributed by atoms with Crippen LogP contribution in [0.1, 0.15) is 24.9 Å². The van der Waals surface area contributed by atoms with Crippen LogP contribution >= 0.6 is 11.6 Å². The van der Waals surface area contributed by atoms with Crippen molar-refractivity contribution >= 4 is 23.2 Å². The van der Waals surface area contributed by atoms with Crippen molar-refractivity contribution in [2.75, 3.05) is 26.0 Å². The molecule has 24 heavy (non-hydrogen) atoms. The van der Waals surface area contributed by atoms with E-state index in [1.165, 1.54) is 0 Å². The van der Waals surface area contributed by atoms with Crippen LogP contribution in [0.4, 0.5) is 5.69 Å². The van der Waals surface area contributed by atoms with Crippen molar-refractivity contribution in [2.24, 2.45) is 0 Å². The lowest BCUT2D eigenvalue weighted by molar-refractivity contribution is -0.116. The number of methoxy groups -OCH3 is 1. The number of anilines is 1. The third kappa shape index (κ3) is 4.73. The number of hydrogen-bond donors (Lipinski definition) is 1. The predicted octanol–water partition coefficient (Wildman–Crippen LogP) is 4.37. The molecule has 0 fully saturated rings. The van der Waals surface area contributed by atoms with E-state index in [1.54, 1.807) is 19.2 Å². The predicted molar refractivity (Wildman–Crippen MR) is 98.7 cm³/mol. The molecule has 1 atom stereocenters. The van der Waals surface area contributed by atoms with Crippen LogP contribution in [0.15, 0.2) is 48.5 Å². The minimum atomic E-state index is -0.0535. The highest BCUT2D eigenvalue weighted by molar-refractivity contribution is 6.33. The van der Waals surface area contributed by atoms with Gasteiger partial charge in [-0.2, -0.15) is 0 Å². The Morgan fingerprint density at radius 2 is 1.88 bits per heavy atom. The molecule has 0 aliphatic carbocycles. The quantitative estimate of drug-likeness (QED) is 0.809. The molecule has 1 N–H and O–H groups in total. The molecule has 2 aromatic carbocycles. The molecule has 2 rings (SSSR count). The largest absolute Gasteiger partial charge is 0.496 e. The molecule has 0 aliphatic rings. The SMILES string of the molecule is COc1ccccc1C(C)N(C)CCC(=O)Nc1ccccc1Cl. The van der Waals surface area contributed by atoms with E-state index in [0.717, 1.165) is 11.3 Å². The molecule has 1 unspecified atom stereocenters. The first kappa shape index (κ1) is 18.3. The van der Waals surface area contributed by atoms with Gasteiger partial charge < -0.3 is 10.1 Å². The van der Waals surface area contributed by atoms with Gasteiger partial charge in [0, 0.05) is 24.6 Å². The van der Waals surface area contributed by atoms with Gasteiger partial charge >= 0.3 is 0 Å².